The molecule has 0 bridgehead atoms. The lowest BCUT2D eigenvalue weighted by Gasteiger charge is -2.35. The first kappa shape index (κ1) is 13.6. The van der Waals surface area contributed by atoms with Gasteiger partial charge in [-0.25, -0.2) is 4.39 Å². The highest BCUT2D eigenvalue weighted by Gasteiger charge is 2.32. The quantitative estimate of drug-likeness (QED) is 0.851. The maximum atomic E-state index is 13.4. The van der Waals surface area contributed by atoms with Gasteiger partial charge in [0.2, 0.25) is 5.82 Å². The van der Waals surface area contributed by atoms with Gasteiger partial charge in [0, 0.05) is 18.6 Å². The van der Waals surface area contributed by atoms with Gasteiger partial charge in [-0.1, -0.05) is 6.07 Å². The van der Waals surface area contributed by atoms with Crippen molar-refractivity contribution in [3.8, 4) is 5.75 Å². The minimum atomic E-state index is -0.932. The molecule has 0 aromatic heterocycles. The zero-order valence-electron chi connectivity index (χ0n) is 9.99. The normalized spacial score (nSPS) is 18.6. The van der Waals surface area contributed by atoms with Crippen LogP contribution >= 0.6 is 12.6 Å². The monoisotopic (exact) mass is 274 g/mol. The highest BCUT2D eigenvalue weighted by Crippen LogP contribution is 2.33. The summed E-state index contributed by atoms with van der Waals surface area (Å²) >= 11 is 4.34. The molecule has 1 saturated heterocycles. The minimum absolute atomic E-state index is 0.0392. The molecule has 0 amide bonds. The van der Waals surface area contributed by atoms with E-state index < -0.39 is 11.6 Å². The van der Waals surface area contributed by atoms with Crippen LogP contribution in [0.3, 0.4) is 0 Å². The van der Waals surface area contributed by atoms with Crippen molar-refractivity contribution in [2.45, 2.75) is 12.8 Å². The molecule has 0 saturated carbocycles. The second-order valence-electron chi connectivity index (χ2n) is 4.61. The number of halogens is 2. The van der Waals surface area contributed by atoms with Crippen molar-refractivity contribution in [1.29, 1.82) is 0 Å². The van der Waals surface area contributed by atoms with Crippen LogP contribution in [0.25, 0.3) is 0 Å². The van der Waals surface area contributed by atoms with Gasteiger partial charge < -0.3 is 9.47 Å². The van der Waals surface area contributed by atoms with E-state index in [0.29, 0.717) is 25.6 Å². The van der Waals surface area contributed by atoms with E-state index in [9.17, 15) is 8.78 Å². The van der Waals surface area contributed by atoms with Crippen molar-refractivity contribution in [3.63, 3.8) is 0 Å². The minimum Gasteiger partial charge on any atom is -0.490 e. The molecule has 0 N–H and O–H groups in total. The molecule has 2 rings (SSSR count). The van der Waals surface area contributed by atoms with Crippen LogP contribution in [-0.2, 0) is 4.74 Å². The lowest BCUT2D eigenvalue weighted by molar-refractivity contribution is 0.00234. The molecule has 0 aliphatic carbocycles. The Labute approximate surface area is 111 Å². The maximum absolute atomic E-state index is 13.4. The molecule has 0 radical (unpaired) electrons. The summed E-state index contributed by atoms with van der Waals surface area (Å²) in [5.41, 5.74) is -0.111. The molecule has 18 heavy (non-hydrogen) atoms. The number of hydrogen-bond donors (Lipinski definition) is 1. The molecule has 100 valence electrons. The SMILES string of the molecule is Fc1cccc(OCC2(CS)CCOCC2)c1F. The third-order valence-corrected chi connectivity index (χ3v) is 4.01. The maximum Gasteiger partial charge on any atom is 0.200 e. The van der Waals surface area contributed by atoms with Gasteiger partial charge in [0.1, 0.15) is 0 Å². The summed E-state index contributed by atoms with van der Waals surface area (Å²) in [4.78, 5) is 0. The fourth-order valence-electron chi connectivity index (χ4n) is 1.98. The summed E-state index contributed by atoms with van der Waals surface area (Å²) in [6, 6.07) is 3.94. The van der Waals surface area contributed by atoms with E-state index in [2.05, 4.69) is 12.6 Å². The third kappa shape index (κ3) is 2.95. The lowest BCUT2D eigenvalue weighted by Crippen LogP contribution is -2.37. The molecular weight excluding hydrogens is 258 g/mol. The topological polar surface area (TPSA) is 18.5 Å². The van der Waals surface area contributed by atoms with E-state index in [1.807, 2.05) is 0 Å². The summed E-state index contributed by atoms with van der Waals surface area (Å²) in [6.07, 6.45) is 1.65. The van der Waals surface area contributed by atoms with Gasteiger partial charge >= 0.3 is 0 Å². The molecule has 1 aromatic rings. The molecule has 0 spiro atoms. The van der Waals surface area contributed by atoms with E-state index in [1.165, 1.54) is 12.1 Å². The highest BCUT2D eigenvalue weighted by molar-refractivity contribution is 7.80. The van der Waals surface area contributed by atoms with Gasteiger partial charge in [-0.15, -0.1) is 0 Å². The Morgan fingerprint density at radius 2 is 2.00 bits per heavy atom. The Hall–Kier alpha value is -0.810. The number of thiol groups is 1. The van der Waals surface area contributed by atoms with Crippen LogP contribution in [-0.4, -0.2) is 25.6 Å². The van der Waals surface area contributed by atoms with Crippen LogP contribution in [0.15, 0.2) is 18.2 Å². The zero-order chi connectivity index (χ0) is 13.0. The Kier molecular flexibility index (Phi) is 4.45. The molecule has 1 aliphatic heterocycles. The summed E-state index contributed by atoms with van der Waals surface area (Å²) in [5.74, 6) is -1.21. The van der Waals surface area contributed by atoms with Crippen LogP contribution in [0.1, 0.15) is 12.8 Å². The Morgan fingerprint density at radius 1 is 1.28 bits per heavy atom. The molecule has 1 fully saturated rings. The van der Waals surface area contributed by atoms with E-state index in [4.69, 9.17) is 9.47 Å². The van der Waals surface area contributed by atoms with E-state index in [0.717, 1.165) is 18.9 Å². The van der Waals surface area contributed by atoms with E-state index in [-0.39, 0.29) is 11.2 Å². The smallest absolute Gasteiger partial charge is 0.200 e. The molecule has 1 heterocycles. The standard InChI is InChI=1S/C13H16F2O2S/c14-10-2-1-3-11(12(10)15)17-8-13(9-18)4-6-16-7-5-13/h1-3,18H,4-9H2. The van der Waals surface area contributed by atoms with Gasteiger partial charge in [-0.2, -0.15) is 17.0 Å². The highest BCUT2D eigenvalue weighted by atomic mass is 32.1. The number of rotatable bonds is 4. The average molecular weight is 274 g/mol. The molecule has 2 nitrogen and oxygen atoms in total. The predicted octanol–water partition coefficient (Wildman–Crippen LogP) is 3.07. The van der Waals surface area contributed by atoms with Crippen molar-refractivity contribution >= 4 is 12.6 Å². The van der Waals surface area contributed by atoms with Crippen LogP contribution in [0.5, 0.6) is 5.75 Å². The number of ether oxygens (including phenoxy) is 2. The van der Waals surface area contributed by atoms with Gasteiger partial charge in [0.15, 0.2) is 11.6 Å². The van der Waals surface area contributed by atoms with E-state index >= 15 is 0 Å². The molecule has 1 aromatic carbocycles. The molecule has 5 heteroatoms. The zero-order valence-corrected chi connectivity index (χ0v) is 10.9. The van der Waals surface area contributed by atoms with Crippen LogP contribution < -0.4 is 4.74 Å². The fraction of sp³-hybridized carbons (Fsp3) is 0.538. The summed E-state index contributed by atoms with van der Waals surface area (Å²) in [6.45, 7) is 1.66. The van der Waals surface area contributed by atoms with Crippen LogP contribution in [0.2, 0.25) is 0 Å². The first-order chi connectivity index (χ1) is 8.67. The van der Waals surface area contributed by atoms with Crippen LogP contribution in [0.4, 0.5) is 8.78 Å². The van der Waals surface area contributed by atoms with E-state index in [1.54, 1.807) is 0 Å². The van der Waals surface area contributed by atoms with Gasteiger partial charge in [-0.05, 0) is 30.7 Å². The molecular formula is C13H16F2O2S. The average Bonchev–Trinajstić information content (AvgIpc) is 2.41. The fourth-order valence-corrected chi connectivity index (χ4v) is 2.39. The molecule has 0 unspecified atom stereocenters. The van der Waals surface area contributed by atoms with Gasteiger partial charge in [0.25, 0.3) is 0 Å². The summed E-state index contributed by atoms with van der Waals surface area (Å²) in [7, 11) is 0. The van der Waals surface area contributed by atoms with Crippen molar-refractivity contribution in [1.82, 2.24) is 0 Å². The van der Waals surface area contributed by atoms with Crippen molar-refractivity contribution in [3.05, 3.63) is 29.8 Å². The predicted molar refractivity (Wildman–Crippen MR) is 68.2 cm³/mol. The molecule has 1 aliphatic rings. The second-order valence-corrected chi connectivity index (χ2v) is 4.93. The van der Waals surface area contributed by atoms with Crippen LogP contribution in [0, 0.1) is 17.0 Å². The largest absolute Gasteiger partial charge is 0.490 e. The van der Waals surface area contributed by atoms with Gasteiger partial charge in [0.05, 0.1) is 6.61 Å². The van der Waals surface area contributed by atoms with Crippen molar-refractivity contribution in [2.24, 2.45) is 5.41 Å². The molecule has 0 atom stereocenters. The van der Waals surface area contributed by atoms with Gasteiger partial charge in [-0.3, -0.25) is 0 Å². The summed E-state index contributed by atoms with van der Waals surface area (Å²) in [5, 5.41) is 0. The second kappa shape index (κ2) is 5.89. The summed E-state index contributed by atoms with van der Waals surface area (Å²) < 4.78 is 37.2. The Morgan fingerprint density at radius 3 is 2.67 bits per heavy atom. The Balaban J connectivity index is 2.03. The first-order valence-corrected chi connectivity index (χ1v) is 6.56. The number of benzene rings is 1. The van der Waals surface area contributed by atoms with Crippen molar-refractivity contribution < 1.29 is 18.3 Å². The Bertz CT molecular complexity index is 406. The lowest BCUT2D eigenvalue weighted by atomic mass is 9.83. The first-order valence-electron chi connectivity index (χ1n) is 5.92. The number of hydrogen-bond acceptors (Lipinski definition) is 3. The van der Waals surface area contributed by atoms with Crippen molar-refractivity contribution in [2.75, 3.05) is 25.6 Å². The third-order valence-electron chi connectivity index (χ3n) is 3.34.